The molecule has 1 atom stereocenters. The van der Waals surface area contributed by atoms with Gasteiger partial charge in [-0.3, -0.25) is 9.59 Å². The number of likely N-dealkylation sites (N-methyl/N-ethyl adjacent to an activating group) is 1. The van der Waals surface area contributed by atoms with Gasteiger partial charge in [-0.05, 0) is 54.1 Å². The molecule has 166 valence electrons. The van der Waals surface area contributed by atoms with Crippen molar-refractivity contribution in [2.75, 3.05) is 12.4 Å². The van der Waals surface area contributed by atoms with E-state index in [1.165, 1.54) is 60.5 Å². The highest BCUT2D eigenvalue weighted by Crippen LogP contribution is 2.19. The quantitative estimate of drug-likeness (QED) is 0.523. The minimum absolute atomic E-state index is 0.0957. The second kappa shape index (κ2) is 9.93. The maximum atomic E-state index is 13.2. The Morgan fingerprint density at radius 1 is 0.969 bits per heavy atom. The van der Waals surface area contributed by atoms with Crippen molar-refractivity contribution >= 4 is 37.2 Å². The molecule has 3 aromatic carbocycles. The van der Waals surface area contributed by atoms with Gasteiger partial charge in [0, 0.05) is 35.4 Å². The molecule has 3 aromatic rings. The molecule has 0 radical (unpaired) electrons. The first-order chi connectivity index (χ1) is 15.1. The highest BCUT2D eigenvalue weighted by atomic mass is 35.7. The molecule has 0 aliphatic heterocycles. The number of amides is 2. The van der Waals surface area contributed by atoms with Crippen LogP contribution in [-0.2, 0) is 20.3 Å². The first kappa shape index (κ1) is 23.4. The van der Waals surface area contributed by atoms with E-state index in [0.717, 1.165) is 5.56 Å². The van der Waals surface area contributed by atoms with Gasteiger partial charge in [-0.2, -0.15) is 0 Å². The van der Waals surface area contributed by atoms with Crippen LogP contribution >= 0.6 is 10.7 Å². The van der Waals surface area contributed by atoms with Crippen LogP contribution in [0.5, 0.6) is 0 Å². The number of benzene rings is 3. The maximum Gasteiger partial charge on any atom is 0.261 e. The minimum Gasteiger partial charge on any atom is -0.329 e. The normalized spacial score (nSPS) is 12.1. The Kier molecular flexibility index (Phi) is 7.27. The van der Waals surface area contributed by atoms with E-state index in [4.69, 9.17) is 10.7 Å². The molecule has 3 rings (SSSR count). The van der Waals surface area contributed by atoms with Crippen molar-refractivity contribution in [1.82, 2.24) is 4.90 Å². The number of anilines is 1. The lowest BCUT2D eigenvalue weighted by Gasteiger charge is -2.27. The van der Waals surface area contributed by atoms with Gasteiger partial charge in [0.1, 0.15) is 11.9 Å². The predicted octanol–water partition coefficient (Wildman–Crippen LogP) is 4.08. The average Bonchev–Trinajstić information content (AvgIpc) is 2.77. The molecule has 0 fully saturated rings. The number of carbonyl (C=O) groups is 2. The van der Waals surface area contributed by atoms with Crippen LogP contribution in [0, 0.1) is 5.82 Å². The number of carbonyl (C=O) groups excluding carboxylic acids is 2. The molecule has 0 aliphatic carbocycles. The van der Waals surface area contributed by atoms with Gasteiger partial charge in [0.05, 0.1) is 4.90 Å². The van der Waals surface area contributed by atoms with E-state index >= 15 is 0 Å². The lowest BCUT2D eigenvalue weighted by atomic mass is 10.0. The summed E-state index contributed by atoms with van der Waals surface area (Å²) in [4.78, 5) is 27.3. The molecule has 0 spiro atoms. The fourth-order valence-electron chi connectivity index (χ4n) is 3.11. The van der Waals surface area contributed by atoms with Crippen LogP contribution in [0.2, 0.25) is 0 Å². The van der Waals surface area contributed by atoms with Gasteiger partial charge in [0.25, 0.3) is 15.0 Å². The average molecular weight is 475 g/mol. The Balaban J connectivity index is 1.85. The Morgan fingerprint density at radius 2 is 1.56 bits per heavy atom. The summed E-state index contributed by atoms with van der Waals surface area (Å²) in [5.41, 5.74) is 1.44. The van der Waals surface area contributed by atoms with Crippen molar-refractivity contribution in [3.8, 4) is 0 Å². The fourth-order valence-corrected chi connectivity index (χ4v) is 3.88. The summed E-state index contributed by atoms with van der Waals surface area (Å²) in [6, 6.07) is 18.8. The molecular formula is C23H20ClFN2O4S. The van der Waals surface area contributed by atoms with E-state index in [-0.39, 0.29) is 16.9 Å². The number of rotatable bonds is 7. The number of hydrogen-bond donors (Lipinski definition) is 1. The smallest absolute Gasteiger partial charge is 0.261 e. The van der Waals surface area contributed by atoms with Crippen LogP contribution in [0.3, 0.4) is 0 Å². The SMILES string of the molecule is CN(C(=O)c1ccc(F)cc1)C(Cc1ccccc1)C(=O)Nc1ccc(S(=O)(=O)Cl)cc1. The largest absolute Gasteiger partial charge is 0.329 e. The molecule has 6 nitrogen and oxygen atoms in total. The predicted molar refractivity (Wildman–Crippen MR) is 121 cm³/mol. The topological polar surface area (TPSA) is 83.6 Å². The second-order valence-corrected chi connectivity index (χ2v) is 9.65. The van der Waals surface area contributed by atoms with Crippen LogP contribution < -0.4 is 5.32 Å². The van der Waals surface area contributed by atoms with E-state index < -0.39 is 32.7 Å². The summed E-state index contributed by atoms with van der Waals surface area (Å²) in [5, 5.41) is 2.71. The summed E-state index contributed by atoms with van der Waals surface area (Å²) >= 11 is 0. The summed E-state index contributed by atoms with van der Waals surface area (Å²) in [6.07, 6.45) is 0.240. The Morgan fingerprint density at radius 3 is 2.12 bits per heavy atom. The standard InChI is InChI=1S/C23H20ClFN2O4S/c1-27(23(29)17-7-9-18(25)10-8-17)21(15-16-5-3-2-4-6-16)22(28)26-19-11-13-20(14-12-19)32(24,30)31/h2-14,21H,15H2,1H3,(H,26,28). The summed E-state index contributed by atoms with van der Waals surface area (Å²) in [7, 11) is 2.94. The monoisotopic (exact) mass is 474 g/mol. The van der Waals surface area contributed by atoms with E-state index in [0.29, 0.717) is 5.69 Å². The molecule has 0 heterocycles. The van der Waals surface area contributed by atoms with E-state index in [2.05, 4.69) is 5.32 Å². The molecule has 0 saturated heterocycles. The van der Waals surface area contributed by atoms with E-state index in [9.17, 15) is 22.4 Å². The first-order valence-corrected chi connectivity index (χ1v) is 11.9. The fraction of sp³-hybridized carbons (Fsp3) is 0.130. The van der Waals surface area contributed by atoms with Gasteiger partial charge in [0.15, 0.2) is 0 Å². The third-order valence-electron chi connectivity index (χ3n) is 4.86. The van der Waals surface area contributed by atoms with Crippen molar-refractivity contribution in [2.45, 2.75) is 17.4 Å². The zero-order chi connectivity index (χ0) is 23.3. The molecule has 1 unspecified atom stereocenters. The van der Waals surface area contributed by atoms with Crippen molar-refractivity contribution in [1.29, 1.82) is 0 Å². The summed E-state index contributed by atoms with van der Waals surface area (Å²) < 4.78 is 36.1. The molecule has 0 aromatic heterocycles. The zero-order valence-electron chi connectivity index (χ0n) is 17.0. The van der Waals surface area contributed by atoms with Crippen LogP contribution in [-0.4, -0.2) is 38.2 Å². The molecule has 1 N–H and O–H groups in total. The Bertz CT molecular complexity index is 1200. The van der Waals surface area contributed by atoms with Crippen LogP contribution in [0.1, 0.15) is 15.9 Å². The van der Waals surface area contributed by atoms with E-state index in [1.54, 1.807) is 0 Å². The third-order valence-corrected chi connectivity index (χ3v) is 6.23. The van der Waals surface area contributed by atoms with Crippen LogP contribution in [0.15, 0.2) is 83.8 Å². The Hall–Kier alpha value is -3.23. The molecule has 0 bridgehead atoms. The van der Waals surface area contributed by atoms with E-state index in [1.807, 2.05) is 30.3 Å². The minimum atomic E-state index is -3.88. The van der Waals surface area contributed by atoms with Crippen molar-refractivity contribution < 1.29 is 22.4 Å². The molecular weight excluding hydrogens is 455 g/mol. The van der Waals surface area contributed by atoms with Gasteiger partial charge in [-0.15, -0.1) is 0 Å². The first-order valence-electron chi connectivity index (χ1n) is 9.57. The summed E-state index contributed by atoms with van der Waals surface area (Å²) in [5.74, 6) is -1.37. The number of halogens is 2. The molecule has 2 amide bonds. The van der Waals surface area contributed by atoms with Gasteiger partial charge >= 0.3 is 0 Å². The highest BCUT2D eigenvalue weighted by Gasteiger charge is 2.28. The second-order valence-electron chi connectivity index (χ2n) is 7.08. The van der Waals surface area contributed by atoms with Gasteiger partial charge in [-0.25, -0.2) is 12.8 Å². The van der Waals surface area contributed by atoms with Crippen molar-refractivity contribution in [3.05, 3.63) is 95.8 Å². The van der Waals surface area contributed by atoms with Crippen molar-refractivity contribution in [3.63, 3.8) is 0 Å². The maximum absolute atomic E-state index is 13.2. The van der Waals surface area contributed by atoms with Gasteiger partial charge in [0.2, 0.25) is 5.91 Å². The molecule has 9 heteroatoms. The third kappa shape index (κ3) is 5.93. The number of nitrogens with one attached hydrogen (secondary N) is 1. The highest BCUT2D eigenvalue weighted by molar-refractivity contribution is 8.13. The lowest BCUT2D eigenvalue weighted by molar-refractivity contribution is -0.120. The lowest BCUT2D eigenvalue weighted by Crippen LogP contribution is -2.46. The van der Waals surface area contributed by atoms with Crippen LogP contribution in [0.25, 0.3) is 0 Å². The number of hydrogen-bond acceptors (Lipinski definition) is 4. The zero-order valence-corrected chi connectivity index (χ0v) is 18.6. The molecule has 0 aliphatic rings. The molecule has 32 heavy (non-hydrogen) atoms. The van der Waals surface area contributed by atoms with Crippen LogP contribution in [0.4, 0.5) is 10.1 Å². The van der Waals surface area contributed by atoms with Gasteiger partial charge in [-0.1, -0.05) is 30.3 Å². The molecule has 0 saturated carbocycles. The Labute approximate surface area is 190 Å². The van der Waals surface area contributed by atoms with Gasteiger partial charge < -0.3 is 10.2 Å². The number of nitrogens with zero attached hydrogens (tertiary/aromatic N) is 1. The van der Waals surface area contributed by atoms with Crippen molar-refractivity contribution in [2.24, 2.45) is 0 Å². The summed E-state index contributed by atoms with van der Waals surface area (Å²) in [6.45, 7) is 0.